The van der Waals surface area contributed by atoms with Crippen molar-refractivity contribution < 1.29 is 23.8 Å². The van der Waals surface area contributed by atoms with Crippen LogP contribution < -0.4 is 5.32 Å². The molecule has 1 aromatic rings. The van der Waals surface area contributed by atoms with Gasteiger partial charge >= 0.3 is 5.97 Å². The zero-order chi connectivity index (χ0) is 14.7. The molecule has 2 N–H and O–H groups in total. The van der Waals surface area contributed by atoms with E-state index in [4.69, 9.17) is 14.3 Å². The van der Waals surface area contributed by atoms with Crippen LogP contribution >= 0.6 is 0 Å². The molecule has 1 fully saturated rings. The minimum atomic E-state index is -0.917. The fraction of sp³-hybridized carbons (Fsp3) is 0.571. The van der Waals surface area contributed by atoms with Crippen LogP contribution in [0.25, 0.3) is 0 Å². The number of carbonyl (C=O) groups is 2. The number of carboxylic acids is 1. The summed E-state index contributed by atoms with van der Waals surface area (Å²) in [6.07, 6.45) is 1.18. The van der Waals surface area contributed by atoms with Crippen molar-refractivity contribution in [2.45, 2.75) is 25.8 Å². The van der Waals surface area contributed by atoms with Crippen molar-refractivity contribution in [2.75, 3.05) is 13.7 Å². The predicted molar refractivity (Wildman–Crippen MR) is 70.1 cm³/mol. The summed E-state index contributed by atoms with van der Waals surface area (Å²) in [4.78, 5) is 22.8. The van der Waals surface area contributed by atoms with Gasteiger partial charge in [0.25, 0.3) is 0 Å². The molecule has 0 saturated heterocycles. The van der Waals surface area contributed by atoms with Gasteiger partial charge in [-0.2, -0.15) is 0 Å². The SMILES string of the molecule is CCc1ccc(C(COC)NC(=O)C2CC2C(=O)O)o1. The zero-order valence-electron chi connectivity index (χ0n) is 11.6. The average molecular weight is 281 g/mol. The maximum absolute atomic E-state index is 12.0. The average Bonchev–Trinajstić information content (AvgIpc) is 3.09. The summed E-state index contributed by atoms with van der Waals surface area (Å²) in [5, 5.41) is 11.6. The van der Waals surface area contributed by atoms with Crippen LogP contribution in [0, 0.1) is 11.8 Å². The lowest BCUT2D eigenvalue weighted by Gasteiger charge is -2.15. The Morgan fingerprint density at radius 3 is 2.75 bits per heavy atom. The molecule has 2 rings (SSSR count). The predicted octanol–water partition coefficient (Wildman–Crippen LogP) is 1.37. The number of rotatable bonds is 7. The molecule has 0 bridgehead atoms. The molecule has 0 radical (unpaired) electrons. The van der Waals surface area contributed by atoms with Crippen LogP contribution in [0.2, 0.25) is 0 Å². The summed E-state index contributed by atoms with van der Waals surface area (Å²) >= 11 is 0. The van der Waals surface area contributed by atoms with Crippen molar-refractivity contribution in [2.24, 2.45) is 11.8 Å². The van der Waals surface area contributed by atoms with E-state index in [1.807, 2.05) is 19.1 Å². The molecule has 1 aromatic heterocycles. The van der Waals surface area contributed by atoms with Crippen LogP contribution in [0.15, 0.2) is 16.5 Å². The third-order valence-corrected chi connectivity index (χ3v) is 3.47. The molecule has 1 aliphatic rings. The van der Waals surface area contributed by atoms with E-state index >= 15 is 0 Å². The highest BCUT2D eigenvalue weighted by atomic mass is 16.5. The number of hydrogen-bond acceptors (Lipinski definition) is 4. The van der Waals surface area contributed by atoms with Crippen molar-refractivity contribution >= 4 is 11.9 Å². The van der Waals surface area contributed by atoms with Gasteiger partial charge in [0.15, 0.2) is 0 Å². The second kappa shape index (κ2) is 6.09. The largest absolute Gasteiger partial charge is 0.481 e. The molecule has 1 amide bonds. The summed E-state index contributed by atoms with van der Waals surface area (Å²) in [7, 11) is 1.54. The van der Waals surface area contributed by atoms with Crippen molar-refractivity contribution in [3.63, 3.8) is 0 Å². The number of aliphatic carboxylic acids is 1. The first-order chi connectivity index (χ1) is 9.56. The zero-order valence-corrected chi connectivity index (χ0v) is 11.6. The summed E-state index contributed by atoms with van der Waals surface area (Å²) in [5.41, 5.74) is 0. The quantitative estimate of drug-likeness (QED) is 0.788. The number of carboxylic acid groups (broad SMARTS) is 1. The van der Waals surface area contributed by atoms with Crippen LogP contribution in [0.4, 0.5) is 0 Å². The lowest BCUT2D eigenvalue weighted by molar-refractivity contribution is -0.140. The minimum Gasteiger partial charge on any atom is -0.481 e. The van der Waals surface area contributed by atoms with Crippen LogP contribution in [0.5, 0.6) is 0 Å². The Labute approximate surface area is 117 Å². The van der Waals surface area contributed by atoms with E-state index in [0.717, 1.165) is 12.2 Å². The molecular formula is C14H19NO5. The number of ether oxygens (including phenoxy) is 1. The Bertz CT molecular complexity index is 496. The number of nitrogens with one attached hydrogen (secondary N) is 1. The van der Waals surface area contributed by atoms with Gasteiger partial charge in [0.1, 0.15) is 17.6 Å². The summed E-state index contributed by atoms with van der Waals surface area (Å²) in [5.74, 6) is -0.697. The highest BCUT2D eigenvalue weighted by Gasteiger charge is 2.48. The van der Waals surface area contributed by atoms with Crippen molar-refractivity contribution in [1.29, 1.82) is 0 Å². The third kappa shape index (κ3) is 3.19. The molecule has 0 aromatic carbocycles. The molecule has 3 atom stereocenters. The van der Waals surface area contributed by atoms with Crippen molar-refractivity contribution in [3.8, 4) is 0 Å². The highest BCUT2D eigenvalue weighted by molar-refractivity contribution is 5.89. The van der Waals surface area contributed by atoms with Crippen LogP contribution in [-0.4, -0.2) is 30.7 Å². The van der Waals surface area contributed by atoms with E-state index in [2.05, 4.69) is 5.32 Å². The first-order valence-corrected chi connectivity index (χ1v) is 6.67. The molecular weight excluding hydrogens is 262 g/mol. The Morgan fingerprint density at radius 1 is 1.50 bits per heavy atom. The van der Waals surface area contributed by atoms with E-state index in [1.165, 1.54) is 0 Å². The summed E-state index contributed by atoms with van der Waals surface area (Å²) < 4.78 is 10.7. The van der Waals surface area contributed by atoms with Crippen LogP contribution in [0.3, 0.4) is 0 Å². The first-order valence-electron chi connectivity index (χ1n) is 6.67. The Balaban J connectivity index is 1.99. The Hall–Kier alpha value is -1.82. The molecule has 6 nitrogen and oxygen atoms in total. The van der Waals surface area contributed by atoms with Crippen molar-refractivity contribution in [1.82, 2.24) is 5.32 Å². The van der Waals surface area contributed by atoms with Gasteiger partial charge in [0, 0.05) is 13.5 Å². The molecule has 1 aliphatic carbocycles. The van der Waals surface area contributed by atoms with E-state index < -0.39 is 17.8 Å². The molecule has 1 saturated carbocycles. The number of methoxy groups -OCH3 is 1. The fourth-order valence-corrected chi connectivity index (χ4v) is 2.17. The van der Waals surface area contributed by atoms with Gasteiger partial charge in [-0.15, -0.1) is 0 Å². The Kier molecular flexibility index (Phi) is 4.44. The molecule has 110 valence electrons. The molecule has 0 aliphatic heterocycles. The van der Waals surface area contributed by atoms with Gasteiger partial charge in [-0.05, 0) is 18.6 Å². The van der Waals surface area contributed by atoms with Gasteiger partial charge in [-0.25, -0.2) is 0 Å². The standard InChI is InChI=1S/C14H19NO5/c1-3-8-4-5-12(20-8)11(7-19-2)15-13(16)9-6-10(9)14(17)18/h4-5,9-11H,3,6-7H2,1-2H3,(H,15,16)(H,17,18). The molecule has 6 heteroatoms. The molecule has 0 spiro atoms. The summed E-state index contributed by atoms with van der Waals surface area (Å²) in [6, 6.07) is 3.29. The smallest absolute Gasteiger partial charge is 0.307 e. The number of carbonyl (C=O) groups excluding carboxylic acids is 1. The Morgan fingerprint density at radius 2 is 2.25 bits per heavy atom. The van der Waals surface area contributed by atoms with E-state index in [1.54, 1.807) is 7.11 Å². The van der Waals surface area contributed by atoms with Gasteiger partial charge in [0.05, 0.1) is 18.4 Å². The van der Waals surface area contributed by atoms with E-state index in [0.29, 0.717) is 12.2 Å². The maximum atomic E-state index is 12.0. The van der Waals surface area contributed by atoms with Gasteiger partial charge in [-0.3, -0.25) is 9.59 Å². The third-order valence-electron chi connectivity index (χ3n) is 3.47. The van der Waals surface area contributed by atoms with Gasteiger partial charge in [0.2, 0.25) is 5.91 Å². The van der Waals surface area contributed by atoms with Crippen LogP contribution in [-0.2, 0) is 20.7 Å². The lowest BCUT2D eigenvalue weighted by Crippen LogP contribution is -2.33. The molecule has 1 heterocycles. The highest BCUT2D eigenvalue weighted by Crippen LogP contribution is 2.39. The van der Waals surface area contributed by atoms with E-state index in [-0.39, 0.29) is 18.6 Å². The monoisotopic (exact) mass is 281 g/mol. The minimum absolute atomic E-state index is 0.256. The molecule has 20 heavy (non-hydrogen) atoms. The number of aryl methyl sites for hydroxylation is 1. The van der Waals surface area contributed by atoms with Crippen molar-refractivity contribution in [3.05, 3.63) is 23.7 Å². The number of amides is 1. The van der Waals surface area contributed by atoms with Crippen LogP contribution in [0.1, 0.15) is 30.9 Å². The summed E-state index contributed by atoms with van der Waals surface area (Å²) in [6.45, 7) is 2.26. The van der Waals surface area contributed by atoms with Gasteiger partial charge < -0.3 is 19.6 Å². The first kappa shape index (κ1) is 14.6. The number of hydrogen-bond donors (Lipinski definition) is 2. The molecule has 3 unspecified atom stereocenters. The normalized spacial score (nSPS) is 22.3. The van der Waals surface area contributed by atoms with Gasteiger partial charge in [-0.1, -0.05) is 6.92 Å². The maximum Gasteiger partial charge on any atom is 0.307 e. The van der Waals surface area contributed by atoms with E-state index in [9.17, 15) is 9.59 Å². The lowest BCUT2D eigenvalue weighted by atomic mass is 10.2. The fourth-order valence-electron chi connectivity index (χ4n) is 2.17. The second-order valence-electron chi connectivity index (χ2n) is 4.96. The number of furan rings is 1. The topological polar surface area (TPSA) is 88.8 Å². The second-order valence-corrected chi connectivity index (χ2v) is 4.96.